The lowest BCUT2D eigenvalue weighted by Crippen LogP contribution is -2.24. The first kappa shape index (κ1) is 14.2. The van der Waals surface area contributed by atoms with Crippen molar-refractivity contribution in [3.8, 4) is 6.07 Å². The molecule has 0 saturated carbocycles. The number of benzene rings is 2. The van der Waals surface area contributed by atoms with Gasteiger partial charge in [0.2, 0.25) is 0 Å². The van der Waals surface area contributed by atoms with E-state index in [2.05, 4.69) is 11.4 Å². The standard InChI is InChI=1S/C17H17FN2/c1-13(16-9-5-6-10-17(16)18)20-12-15(11-19)14-7-3-2-4-8-14/h2-10,13,15,20H,12H2,1H3. The van der Waals surface area contributed by atoms with Gasteiger partial charge in [-0.25, -0.2) is 4.39 Å². The van der Waals surface area contributed by atoms with Crippen LogP contribution in [0.15, 0.2) is 54.6 Å². The lowest BCUT2D eigenvalue weighted by atomic mass is 10.00. The second-order valence-corrected chi connectivity index (χ2v) is 4.74. The van der Waals surface area contributed by atoms with Crippen LogP contribution in [0.5, 0.6) is 0 Å². The van der Waals surface area contributed by atoms with E-state index in [0.29, 0.717) is 12.1 Å². The molecule has 2 unspecified atom stereocenters. The molecule has 102 valence electrons. The molecule has 20 heavy (non-hydrogen) atoms. The molecule has 0 fully saturated rings. The van der Waals surface area contributed by atoms with Crippen LogP contribution in [0.4, 0.5) is 4.39 Å². The molecule has 0 bridgehead atoms. The van der Waals surface area contributed by atoms with Crippen molar-refractivity contribution in [2.45, 2.75) is 18.9 Å². The summed E-state index contributed by atoms with van der Waals surface area (Å²) in [5, 5.41) is 12.5. The second-order valence-electron chi connectivity index (χ2n) is 4.74. The van der Waals surface area contributed by atoms with Crippen LogP contribution in [-0.2, 0) is 0 Å². The van der Waals surface area contributed by atoms with Crippen LogP contribution in [0.25, 0.3) is 0 Å². The van der Waals surface area contributed by atoms with Gasteiger partial charge >= 0.3 is 0 Å². The normalized spacial score (nSPS) is 13.4. The molecule has 2 rings (SSSR count). The third-order valence-electron chi connectivity index (χ3n) is 3.36. The Morgan fingerprint density at radius 1 is 1.10 bits per heavy atom. The van der Waals surface area contributed by atoms with E-state index in [0.717, 1.165) is 5.56 Å². The molecule has 2 aromatic rings. The smallest absolute Gasteiger partial charge is 0.127 e. The summed E-state index contributed by atoms with van der Waals surface area (Å²) in [6.45, 7) is 2.40. The molecule has 0 heterocycles. The molecule has 3 heteroatoms. The van der Waals surface area contributed by atoms with Crippen molar-refractivity contribution in [3.63, 3.8) is 0 Å². The van der Waals surface area contributed by atoms with Gasteiger partial charge in [-0.2, -0.15) is 5.26 Å². The quantitative estimate of drug-likeness (QED) is 0.895. The maximum atomic E-state index is 13.7. The van der Waals surface area contributed by atoms with Gasteiger partial charge in [0, 0.05) is 18.2 Å². The number of rotatable bonds is 5. The summed E-state index contributed by atoms with van der Waals surface area (Å²) in [6.07, 6.45) is 0. The Morgan fingerprint density at radius 2 is 1.75 bits per heavy atom. The molecule has 0 saturated heterocycles. The van der Waals surface area contributed by atoms with Crippen LogP contribution in [0, 0.1) is 17.1 Å². The molecule has 2 nitrogen and oxygen atoms in total. The molecule has 0 radical (unpaired) electrons. The van der Waals surface area contributed by atoms with Crippen LogP contribution >= 0.6 is 0 Å². The van der Waals surface area contributed by atoms with Gasteiger partial charge in [-0.3, -0.25) is 0 Å². The van der Waals surface area contributed by atoms with E-state index in [1.165, 1.54) is 6.07 Å². The summed E-state index contributed by atoms with van der Waals surface area (Å²) in [7, 11) is 0. The third-order valence-corrected chi connectivity index (χ3v) is 3.36. The summed E-state index contributed by atoms with van der Waals surface area (Å²) >= 11 is 0. The average Bonchev–Trinajstić information content (AvgIpc) is 2.49. The highest BCUT2D eigenvalue weighted by molar-refractivity contribution is 5.26. The first-order chi connectivity index (χ1) is 9.72. The molecule has 0 aliphatic rings. The van der Waals surface area contributed by atoms with Gasteiger partial charge in [0.25, 0.3) is 0 Å². The zero-order valence-corrected chi connectivity index (χ0v) is 11.4. The van der Waals surface area contributed by atoms with Crippen LogP contribution in [0.1, 0.15) is 30.0 Å². The second kappa shape index (κ2) is 6.83. The largest absolute Gasteiger partial charge is 0.308 e. The Labute approximate surface area is 118 Å². The molecular weight excluding hydrogens is 251 g/mol. The van der Waals surface area contributed by atoms with Crippen molar-refractivity contribution in [2.24, 2.45) is 0 Å². The minimum absolute atomic E-state index is 0.129. The van der Waals surface area contributed by atoms with E-state index >= 15 is 0 Å². The van der Waals surface area contributed by atoms with E-state index < -0.39 is 0 Å². The number of nitrogens with one attached hydrogen (secondary N) is 1. The number of hydrogen-bond acceptors (Lipinski definition) is 2. The van der Waals surface area contributed by atoms with Gasteiger partial charge in [0.05, 0.1) is 12.0 Å². The van der Waals surface area contributed by atoms with Crippen molar-refractivity contribution in [2.75, 3.05) is 6.54 Å². The fourth-order valence-corrected chi connectivity index (χ4v) is 2.15. The Kier molecular flexibility index (Phi) is 4.86. The van der Waals surface area contributed by atoms with E-state index in [9.17, 15) is 9.65 Å². The lowest BCUT2D eigenvalue weighted by Gasteiger charge is -2.17. The maximum Gasteiger partial charge on any atom is 0.127 e. The number of halogens is 1. The first-order valence-electron chi connectivity index (χ1n) is 6.64. The summed E-state index contributed by atoms with van der Waals surface area (Å²) in [6, 6.07) is 18.5. The minimum atomic E-state index is -0.231. The summed E-state index contributed by atoms with van der Waals surface area (Å²) < 4.78 is 13.7. The van der Waals surface area contributed by atoms with Crippen LogP contribution in [0.3, 0.4) is 0 Å². The van der Waals surface area contributed by atoms with Gasteiger partial charge in [-0.05, 0) is 18.6 Å². The molecular formula is C17H17FN2. The number of hydrogen-bond donors (Lipinski definition) is 1. The number of nitriles is 1. The predicted molar refractivity (Wildman–Crippen MR) is 77.6 cm³/mol. The molecule has 2 aromatic carbocycles. The van der Waals surface area contributed by atoms with Gasteiger partial charge in [-0.1, -0.05) is 48.5 Å². The molecule has 0 spiro atoms. The summed E-state index contributed by atoms with van der Waals surface area (Å²) in [5.74, 6) is -0.453. The Hall–Kier alpha value is -2.18. The molecule has 2 atom stereocenters. The number of nitrogens with zero attached hydrogens (tertiary/aromatic N) is 1. The maximum absolute atomic E-state index is 13.7. The van der Waals surface area contributed by atoms with Gasteiger partial charge < -0.3 is 5.32 Å². The van der Waals surface area contributed by atoms with E-state index in [4.69, 9.17) is 0 Å². The van der Waals surface area contributed by atoms with Crippen molar-refractivity contribution >= 4 is 0 Å². The van der Waals surface area contributed by atoms with E-state index in [1.807, 2.05) is 43.3 Å². The third kappa shape index (κ3) is 3.43. The molecule has 0 amide bonds. The lowest BCUT2D eigenvalue weighted by molar-refractivity contribution is 0.521. The fraction of sp³-hybridized carbons (Fsp3) is 0.235. The van der Waals surface area contributed by atoms with E-state index in [-0.39, 0.29) is 17.8 Å². The highest BCUT2D eigenvalue weighted by atomic mass is 19.1. The van der Waals surface area contributed by atoms with Crippen molar-refractivity contribution in [1.29, 1.82) is 5.26 Å². The molecule has 0 aromatic heterocycles. The Bertz CT molecular complexity index is 589. The minimum Gasteiger partial charge on any atom is -0.308 e. The van der Waals surface area contributed by atoms with Gasteiger partial charge in [0.15, 0.2) is 0 Å². The molecule has 1 N–H and O–H groups in total. The van der Waals surface area contributed by atoms with Gasteiger partial charge in [-0.15, -0.1) is 0 Å². The van der Waals surface area contributed by atoms with Crippen LogP contribution in [-0.4, -0.2) is 6.54 Å². The SMILES string of the molecule is CC(NCC(C#N)c1ccccc1)c1ccccc1F. The predicted octanol–water partition coefficient (Wildman–Crippen LogP) is 3.78. The fourth-order valence-electron chi connectivity index (χ4n) is 2.15. The highest BCUT2D eigenvalue weighted by Crippen LogP contribution is 2.18. The van der Waals surface area contributed by atoms with Crippen LogP contribution in [0.2, 0.25) is 0 Å². The zero-order valence-electron chi connectivity index (χ0n) is 11.4. The van der Waals surface area contributed by atoms with Crippen molar-refractivity contribution in [1.82, 2.24) is 5.32 Å². The van der Waals surface area contributed by atoms with Crippen LogP contribution < -0.4 is 5.32 Å². The van der Waals surface area contributed by atoms with Crippen molar-refractivity contribution < 1.29 is 4.39 Å². The monoisotopic (exact) mass is 268 g/mol. The Morgan fingerprint density at radius 3 is 2.40 bits per heavy atom. The average molecular weight is 268 g/mol. The summed E-state index contributed by atoms with van der Waals surface area (Å²) in [4.78, 5) is 0. The molecule has 0 aliphatic heterocycles. The van der Waals surface area contributed by atoms with Gasteiger partial charge in [0.1, 0.15) is 5.82 Å². The van der Waals surface area contributed by atoms with Crippen molar-refractivity contribution in [3.05, 3.63) is 71.5 Å². The van der Waals surface area contributed by atoms with E-state index in [1.54, 1.807) is 12.1 Å². The first-order valence-corrected chi connectivity index (χ1v) is 6.64. The summed E-state index contributed by atoms with van der Waals surface area (Å²) in [5.41, 5.74) is 1.60. The molecule has 0 aliphatic carbocycles. The zero-order chi connectivity index (χ0) is 14.4. The topological polar surface area (TPSA) is 35.8 Å². The Balaban J connectivity index is 2.01. The highest BCUT2D eigenvalue weighted by Gasteiger charge is 2.14.